The second kappa shape index (κ2) is 5.68. The van der Waals surface area contributed by atoms with Gasteiger partial charge in [0.1, 0.15) is 0 Å². The molecular weight excluding hydrogens is 318 g/mol. The van der Waals surface area contributed by atoms with E-state index in [2.05, 4.69) is 10.3 Å². The van der Waals surface area contributed by atoms with E-state index in [9.17, 15) is 9.59 Å². The van der Waals surface area contributed by atoms with E-state index in [1.165, 1.54) is 4.90 Å². The van der Waals surface area contributed by atoms with E-state index in [-0.39, 0.29) is 23.3 Å². The van der Waals surface area contributed by atoms with Crippen LogP contribution in [0.1, 0.15) is 34.9 Å². The summed E-state index contributed by atoms with van der Waals surface area (Å²) < 4.78 is 1.70. The summed E-state index contributed by atoms with van der Waals surface area (Å²) in [5, 5.41) is 7.99. The molecule has 25 heavy (non-hydrogen) atoms. The molecule has 0 atom stereocenters. The zero-order chi connectivity index (χ0) is 17.6. The highest BCUT2D eigenvalue weighted by Gasteiger charge is 2.54. The van der Waals surface area contributed by atoms with Gasteiger partial charge in [-0.15, -0.1) is 5.10 Å². The van der Waals surface area contributed by atoms with Gasteiger partial charge in [-0.05, 0) is 18.4 Å². The first-order valence-electron chi connectivity index (χ1n) is 8.50. The van der Waals surface area contributed by atoms with Crippen molar-refractivity contribution in [2.24, 2.45) is 0 Å². The lowest BCUT2D eigenvalue weighted by Gasteiger charge is -2.41. The third-order valence-corrected chi connectivity index (χ3v) is 5.14. The van der Waals surface area contributed by atoms with E-state index in [1.807, 2.05) is 35.2 Å². The summed E-state index contributed by atoms with van der Waals surface area (Å²) in [6, 6.07) is 10.1. The summed E-state index contributed by atoms with van der Waals surface area (Å²) in [6.07, 6.45) is 3.50. The van der Waals surface area contributed by atoms with Crippen LogP contribution in [-0.4, -0.2) is 63.8 Å². The average molecular weight is 339 g/mol. The number of carbonyl (C=O) groups excluding carboxylic acids is 2. The molecule has 0 bridgehead atoms. The lowest BCUT2D eigenvalue weighted by Crippen LogP contribution is -2.54. The first-order valence-corrected chi connectivity index (χ1v) is 8.50. The van der Waals surface area contributed by atoms with E-state index in [4.69, 9.17) is 0 Å². The standard InChI is InChI=1S/C18H21N5O2/c1-21(2)16(24)15-12-23(20-19-15)14-10-22(11-14)17(25)18(8-9-18)13-6-4-3-5-7-13/h3-7,12,14H,8-11H2,1-2H3. The summed E-state index contributed by atoms with van der Waals surface area (Å²) in [6.45, 7) is 1.23. The minimum absolute atomic E-state index is 0.0896. The predicted octanol–water partition coefficient (Wildman–Crippen LogP) is 1.09. The molecule has 1 aromatic carbocycles. The summed E-state index contributed by atoms with van der Waals surface area (Å²) >= 11 is 0. The van der Waals surface area contributed by atoms with E-state index < -0.39 is 0 Å². The normalized spacial score (nSPS) is 18.6. The molecule has 2 fully saturated rings. The molecule has 1 aliphatic carbocycles. The van der Waals surface area contributed by atoms with Crippen LogP contribution < -0.4 is 0 Å². The number of rotatable bonds is 4. The summed E-state index contributed by atoms with van der Waals surface area (Å²) in [5.41, 5.74) is 1.13. The Bertz CT molecular complexity index is 804. The van der Waals surface area contributed by atoms with Crippen LogP contribution in [0.15, 0.2) is 36.5 Å². The number of benzene rings is 1. The van der Waals surface area contributed by atoms with Crippen molar-refractivity contribution in [2.45, 2.75) is 24.3 Å². The Labute approximate surface area is 146 Å². The molecule has 7 heteroatoms. The third-order valence-electron chi connectivity index (χ3n) is 5.14. The van der Waals surface area contributed by atoms with Crippen LogP contribution in [0.25, 0.3) is 0 Å². The molecule has 2 aliphatic rings. The van der Waals surface area contributed by atoms with Gasteiger partial charge >= 0.3 is 0 Å². The van der Waals surface area contributed by atoms with E-state index in [1.54, 1.807) is 25.0 Å². The van der Waals surface area contributed by atoms with Crippen molar-refractivity contribution in [3.8, 4) is 0 Å². The number of likely N-dealkylation sites (tertiary alicyclic amines) is 1. The minimum Gasteiger partial charge on any atom is -0.343 e. The van der Waals surface area contributed by atoms with Crippen LogP contribution in [0, 0.1) is 0 Å². The molecule has 1 aromatic heterocycles. The molecule has 4 rings (SSSR count). The topological polar surface area (TPSA) is 71.3 Å². The highest BCUT2D eigenvalue weighted by atomic mass is 16.2. The second-order valence-corrected chi connectivity index (χ2v) is 7.10. The lowest BCUT2D eigenvalue weighted by molar-refractivity contribution is -0.140. The quantitative estimate of drug-likeness (QED) is 0.836. The lowest BCUT2D eigenvalue weighted by atomic mass is 9.92. The van der Waals surface area contributed by atoms with Crippen molar-refractivity contribution in [2.75, 3.05) is 27.2 Å². The molecule has 7 nitrogen and oxygen atoms in total. The zero-order valence-electron chi connectivity index (χ0n) is 14.4. The molecule has 1 saturated heterocycles. The SMILES string of the molecule is CN(C)C(=O)c1cn(C2CN(C(=O)C3(c4ccccc4)CC3)C2)nn1. The van der Waals surface area contributed by atoms with Gasteiger partial charge in [-0.3, -0.25) is 9.59 Å². The molecule has 0 unspecified atom stereocenters. The number of aromatic nitrogens is 3. The Morgan fingerprint density at radius 2 is 1.84 bits per heavy atom. The molecule has 1 saturated carbocycles. The molecule has 0 spiro atoms. The number of amides is 2. The van der Waals surface area contributed by atoms with Crippen LogP contribution in [0.3, 0.4) is 0 Å². The molecule has 2 heterocycles. The van der Waals surface area contributed by atoms with Crippen LogP contribution in [0.2, 0.25) is 0 Å². The molecule has 2 aromatic rings. The van der Waals surface area contributed by atoms with Gasteiger partial charge in [0.2, 0.25) is 5.91 Å². The Morgan fingerprint density at radius 1 is 1.16 bits per heavy atom. The molecular formula is C18H21N5O2. The fourth-order valence-electron chi connectivity index (χ4n) is 3.38. The van der Waals surface area contributed by atoms with Crippen molar-refractivity contribution in [1.29, 1.82) is 0 Å². The molecule has 2 amide bonds. The Hall–Kier alpha value is -2.70. The Morgan fingerprint density at radius 3 is 2.44 bits per heavy atom. The smallest absolute Gasteiger partial charge is 0.275 e. The van der Waals surface area contributed by atoms with Crippen molar-refractivity contribution >= 4 is 11.8 Å². The highest BCUT2D eigenvalue weighted by Crippen LogP contribution is 2.50. The number of nitrogens with zero attached hydrogens (tertiary/aromatic N) is 5. The molecule has 130 valence electrons. The van der Waals surface area contributed by atoms with Gasteiger partial charge in [0.25, 0.3) is 5.91 Å². The van der Waals surface area contributed by atoms with Gasteiger partial charge in [-0.1, -0.05) is 35.5 Å². The van der Waals surface area contributed by atoms with Gasteiger partial charge in [-0.25, -0.2) is 4.68 Å². The highest BCUT2D eigenvalue weighted by molar-refractivity contribution is 5.92. The Balaban J connectivity index is 1.41. The van der Waals surface area contributed by atoms with Gasteiger partial charge in [-0.2, -0.15) is 0 Å². The second-order valence-electron chi connectivity index (χ2n) is 7.10. The molecule has 1 aliphatic heterocycles. The number of hydrogen-bond donors (Lipinski definition) is 0. The van der Waals surface area contributed by atoms with Gasteiger partial charge in [0, 0.05) is 27.2 Å². The first-order chi connectivity index (χ1) is 12.0. The largest absolute Gasteiger partial charge is 0.343 e. The van der Waals surface area contributed by atoms with Crippen LogP contribution in [-0.2, 0) is 10.2 Å². The van der Waals surface area contributed by atoms with E-state index >= 15 is 0 Å². The number of hydrogen-bond acceptors (Lipinski definition) is 4. The van der Waals surface area contributed by atoms with Crippen LogP contribution in [0.4, 0.5) is 0 Å². The van der Waals surface area contributed by atoms with Crippen molar-refractivity contribution < 1.29 is 9.59 Å². The van der Waals surface area contributed by atoms with Crippen LogP contribution >= 0.6 is 0 Å². The zero-order valence-corrected chi connectivity index (χ0v) is 14.4. The van der Waals surface area contributed by atoms with E-state index in [0.29, 0.717) is 18.8 Å². The van der Waals surface area contributed by atoms with Gasteiger partial charge < -0.3 is 9.80 Å². The predicted molar refractivity (Wildman–Crippen MR) is 91.0 cm³/mol. The van der Waals surface area contributed by atoms with Gasteiger partial charge in [0.15, 0.2) is 5.69 Å². The monoisotopic (exact) mass is 339 g/mol. The maximum atomic E-state index is 12.9. The summed E-state index contributed by atoms with van der Waals surface area (Å²) in [4.78, 5) is 28.2. The average Bonchev–Trinajstić information content (AvgIpc) is 3.26. The van der Waals surface area contributed by atoms with Crippen LogP contribution in [0.5, 0.6) is 0 Å². The third kappa shape index (κ3) is 2.59. The molecule has 0 N–H and O–H groups in total. The summed E-state index contributed by atoms with van der Waals surface area (Å²) in [7, 11) is 3.37. The van der Waals surface area contributed by atoms with Crippen molar-refractivity contribution in [3.63, 3.8) is 0 Å². The van der Waals surface area contributed by atoms with Gasteiger partial charge in [0.05, 0.1) is 17.7 Å². The number of carbonyl (C=O) groups is 2. The van der Waals surface area contributed by atoms with Crippen molar-refractivity contribution in [1.82, 2.24) is 24.8 Å². The first kappa shape index (κ1) is 15.8. The Kier molecular flexibility index (Phi) is 3.59. The van der Waals surface area contributed by atoms with Crippen molar-refractivity contribution in [3.05, 3.63) is 47.8 Å². The summed E-state index contributed by atoms with van der Waals surface area (Å²) in [5.74, 6) is 0.0409. The fraction of sp³-hybridized carbons (Fsp3) is 0.444. The van der Waals surface area contributed by atoms with E-state index in [0.717, 1.165) is 18.4 Å². The fourth-order valence-corrected chi connectivity index (χ4v) is 3.38. The molecule has 0 radical (unpaired) electrons. The maximum Gasteiger partial charge on any atom is 0.275 e. The minimum atomic E-state index is -0.319. The maximum absolute atomic E-state index is 12.9.